The normalized spacial score (nSPS) is 15.7. The van der Waals surface area contributed by atoms with Crippen LogP contribution < -0.4 is 5.32 Å². The monoisotopic (exact) mass is 540 g/mol. The molecule has 1 amide bonds. The van der Waals surface area contributed by atoms with Gasteiger partial charge in [0, 0.05) is 38.1 Å². The minimum atomic E-state index is -1.19. The third kappa shape index (κ3) is 7.29. The highest BCUT2D eigenvalue weighted by Crippen LogP contribution is 2.37. The molecule has 4 rings (SSSR count). The van der Waals surface area contributed by atoms with Gasteiger partial charge in [0.1, 0.15) is 23.6 Å². The summed E-state index contributed by atoms with van der Waals surface area (Å²) in [5.41, 5.74) is 1.38. The van der Waals surface area contributed by atoms with Crippen LogP contribution >= 0.6 is 0 Å². The number of carbonyl (C=O) groups excluding carboxylic acids is 1. The second kappa shape index (κ2) is 13.8. The van der Waals surface area contributed by atoms with Crippen LogP contribution in [0.15, 0.2) is 54.7 Å². The van der Waals surface area contributed by atoms with Crippen molar-refractivity contribution in [1.82, 2.24) is 19.8 Å². The lowest BCUT2D eigenvalue weighted by atomic mass is 9.89. The van der Waals surface area contributed by atoms with Crippen LogP contribution in [0, 0.1) is 17.6 Å². The van der Waals surface area contributed by atoms with Gasteiger partial charge in [0.15, 0.2) is 0 Å². The average molecular weight is 541 g/mol. The van der Waals surface area contributed by atoms with Crippen molar-refractivity contribution >= 4 is 5.91 Å². The maximum absolute atomic E-state index is 14.9. The molecule has 0 spiro atoms. The lowest BCUT2D eigenvalue weighted by molar-refractivity contribution is -0.144. The number of nitrogens with zero attached hydrogens (tertiary/aromatic N) is 3. The number of unbranched alkanes of at least 4 members (excludes halogenated alkanes) is 1. The molecule has 1 saturated heterocycles. The fourth-order valence-corrected chi connectivity index (χ4v) is 5.24. The largest absolute Gasteiger partial charge is 0.384 e. The molecular formula is C30H38F2N4O3. The van der Waals surface area contributed by atoms with Gasteiger partial charge in [0.25, 0.3) is 5.91 Å². The van der Waals surface area contributed by atoms with Crippen molar-refractivity contribution in [2.45, 2.75) is 51.3 Å². The molecule has 2 heterocycles. The molecule has 2 aromatic carbocycles. The summed E-state index contributed by atoms with van der Waals surface area (Å²) in [6.07, 6.45) is 3.58. The number of amides is 1. The first-order chi connectivity index (χ1) is 18.9. The second-order valence-corrected chi connectivity index (χ2v) is 10.1. The van der Waals surface area contributed by atoms with E-state index in [1.54, 1.807) is 11.1 Å². The number of ether oxygens (including phenoxy) is 1. The smallest absolute Gasteiger partial charge is 0.251 e. The van der Waals surface area contributed by atoms with Gasteiger partial charge in [0.2, 0.25) is 0 Å². The zero-order valence-electron chi connectivity index (χ0n) is 22.7. The van der Waals surface area contributed by atoms with Gasteiger partial charge in [-0.1, -0.05) is 30.3 Å². The molecule has 210 valence electrons. The number of benzene rings is 2. The van der Waals surface area contributed by atoms with E-state index >= 15 is 0 Å². The highest BCUT2D eigenvalue weighted by atomic mass is 19.1. The summed E-state index contributed by atoms with van der Waals surface area (Å²) in [6.45, 7) is 4.29. The van der Waals surface area contributed by atoms with Crippen LogP contribution in [0.2, 0.25) is 0 Å². The summed E-state index contributed by atoms with van der Waals surface area (Å²) >= 11 is 0. The highest BCUT2D eigenvalue weighted by molar-refractivity contribution is 5.80. The van der Waals surface area contributed by atoms with Crippen molar-refractivity contribution in [3.8, 4) is 11.3 Å². The van der Waals surface area contributed by atoms with Crippen LogP contribution in [0.3, 0.4) is 0 Å². The number of hydrogen-bond donors (Lipinski definition) is 2. The molecule has 1 aliphatic heterocycles. The van der Waals surface area contributed by atoms with Crippen LogP contribution in [0.25, 0.3) is 11.3 Å². The molecule has 2 unspecified atom stereocenters. The lowest BCUT2D eigenvalue weighted by Crippen LogP contribution is -2.45. The maximum Gasteiger partial charge on any atom is 0.251 e. The van der Waals surface area contributed by atoms with E-state index in [0.29, 0.717) is 50.7 Å². The molecule has 3 aromatic rings. The summed E-state index contributed by atoms with van der Waals surface area (Å²) in [5, 5.41) is 13.5. The quantitative estimate of drug-likeness (QED) is 0.330. The Labute approximate surface area is 228 Å². The summed E-state index contributed by atoms with van der Waals surface area (Å²) in [7, 11) is 1.89. The molecule has 1 aromatic heterocycles. The Hall–Kier alpha value is -3.14. The van der Waals surface area contributed by atoms with Crippen molar-refractivity contribution < 1.29 is 23.4 Å². The van der Waals surface area contributed by atoms with Crippen LogP contribution in [-0.4, -0.2) is 64.9 Å². The Morgan fingerprint density at radius 1 is 1.18 bits per heavy atom. The van der Waals surface area contributed by atoms with E-state index in [9.17, 15) is 18.7 Å². The van der Waals surface area contributed by atoms with Gasteiger partial charge in [-0.2, -0.15) is 0 Å². The van der Waals surface area contributed by atoms with Crippen molar-refractivity contribution in [1.29, 1.82) is 0 Å². The second-order valence-electron chi connectivity index (χ2n) is 10.1. The van der Waals surface area contributed by atoms with Gasteiger partial charge in [-0.05, 0) is 75.9 Å². The fourth-order valence-electron chi connectivity index (χ4n) is 5.24. The van der Waals surface area contributed by atoms with E-state index in [2.05, 4.69) is 5.32 Å². The van der Waals surface area contributed by atoms with Crippen molar-refractivity contribution in [2.24, 2.45) is 5.92 Å². The van der Waals surface area contributed by atoms with E-state index in [1.807, 2.05) is 41.9 Å². The van der Waals surface area contributed by atoms with Crippen molar-refractivity contribution in [3.63, 3.8) is 0 Å². The van der Waals surface area contributed by atoms with Gasteiger partial charge >= 0.3 is 0 Å². The highest BCUT2D eigenvalue weighted by Gasteiger charge is 2.37. The van der Waals surface area contributed by atoms with E-state index in [4.69, 9.17) is 9.72 Å². The molecule has 7 nitrogen and oxygen atoms in total. The molecular weight excluding hydrogens is 502 g/mol. The molecule has 9 heteroatoms. The Morgan fingerprint density at radius 3 is 2.62 bits per heavy atom. The van der Waals surface area contributed by atoms with Crippen molar-refractivity contribution in [2.75, 3.05) is 33.4 Å². The zero-order valence-corrected chi connectivity index (χ0v) is 22.7. The third-order valence-electron chi connectivity index (χ3n) is 7.24. The average Bonchev–Trinajstić information content (AvgIpc) is 3.35. The summed E-state index contributed by atoms with van der Waals surface area (Å²) in [4.78, 5) is 20.1. The minimum Gasteiger partial charge on any atom is -0.384 e. The number of imidazole rings is 1. The number of aliphatic hydroxyl groups excluding tert-OH is 1. The van der Waals surface area contributed by atoms with Gasteiger partial charge in [-0.3, -0.25) is 4.79 Å². The Kier molecular flexibility index (Phi) is 10.2. The zero-order chi connectivity index (χ0) is 27.8. The maximum atomic E-state index is 14.9. The molecule has 1 fully saturated rings. The number of nitrogens with one attached hydrogen (secondary N) is 1. The standard InChI is InChI=1S/C30H38F2N4O3/c1-21(37)30(38)36(15-7-6-14-33-2)28(23-12-16-39-17-13-23)29-34-27(25-18-24(31)10-11-26(25)32)20-35(29)19-22-8-4-3-5-9-22/h3-5,8-11,18,20-21,23,28,33,37H,6-7,12-17,19H2,1-2H3. The molecule has 0 saturated carbocycles. The van der Waals surface area contributed by atoms with Gasteiger partial charge in [-0.15, -0.1) is 0 Å². The number of aliphatic hydroxyl groups is 1. The predicted octanol–water partition coefficient (Wildman–Crippen LogP) is 4.55. The summed E-state index contributed by atoms with van der Waals surface area (Å²) < 4.78 is 36.6. The molecule has 39 heavy (non-hydrogen) atoms. The van der Waals surface area contributed by atoms with Crippen LogP contribution in [-0.2, 0) is 16.1 Å². The van der Waals surface area contributed by atoms with Gasteiger partial charge in [-0.25, -0.2) is 13.8 Å². The number of carbonyl (C=O) groups is 1. The van der Waals surface area contributed by atoms with Crippen LogP contribution in [0.5, 0.6) is 0 Å². The number of hydrogen-bond acceptors (Lipinski definition) is 5. The molecule has 1 aliphatic rings. The fraction of sp³-hybridized carbons (Fsp3) is 0.467. The Morgan fingerprint density at radius 2 is 1.92 bits per heavy atom. The van der Waals surface area contributed by atoms with E-state index in [0.717, 1.165) is 43.1 Å². The molecule has 2 atom stereocenters. The topological polar surface area (TPSA) is 79.6 Å². The summed E-state index contributed by atoms with van der Waals surface area (Å²) in [6, 6.07) is 12.7. The lowest BCUT2D eigenvalue weighted by Gasteiger charge is -2.39. The van der Waals surface area contributed by atoms with Crippen molar-refractivity contribution in [3.05, 3.63) is 77.8 Å². The summed E-state index contributed by atoms with van der Waals surface area (Å²) in [5.74, 6) is -0.885. The van der Waals surface area contributed by atoms with E-state index < -0.39 is 23.8 Å². The first-order valence-corrected chi connectivity index (χ1v) is 13.7. The van der Waals surface area contributed by atoms with Crippen LogP contribution in [0.4, 0.5) is 8.78 Å². The third-order valence-corrected chi connectivity index (χ3v) is 7.24. The predicted molar refractivity (Wildman–Crippen MR) is 146 cm³/mol. The SMILES string of the molecule is CNCCCCN(C(=O)C(C)O)C(c1nc(-c2cc(F)ccc2F)cn1Cc1ccccc1)C1CCOCC1. The minimum absolute atomic E-state index is 0.0212. The van der Waals surface area contributed by atoms with E-state index in [-0.39, 0.29) is 17.4 Å². The number of rotatable bonds is 12. The van der Waals surface area contributed by atoms with Gasteiger partial charge in [0.05, 0.1) is 11.7 Å². The molecule has 0 aliphatic carbocycles. The van der Waals surface area contributed by atoms with E-state index in [1.165, 1.54) is 6.92 Å². The molecule has 2 N–H and O–H groups in total. The molecule has 0 bridgehead atoms. The Balaban J connectivity index is 1.84. The number of halogens is 2. The van der Waals surface area contributed by atoms with Gasteiger partial charge < -0.3 is 24.6 Å². The molecule has 0 radical (unpaired) electrons. The Bertz CT molecular complexity index is 1210. The number of aromatic nitrogens is 2. The first kappa shape index (κ1) is 28.9. The first-order valence-electron chi connectivity index (χ1n) is 13.7. The van der Waals surface area contributed by atoms with Crippen LogP contribution in [0.1, 0.15) is 50.0 Å².